The van der Waals surface area contributed by atoms with E-state index in [0.717, 1.165) is 33.5 Å². The molecule has 3 aromatic carbocycles. The van der Waals surface area contributed by atoms with E-state index >= 15 is 0 Å². The van der Waals surface area contributed by atoms with Gasteiger partial charge in [0.25, 0.3) is 0 Å². The van der Waals surface area contributed by atoms with Crippen molar-refractivity contribution in [2.24, 2.45) is 0 Å². The van der Waals surface area contributed by atoms with E-state index in [1.165, 1.54) is 0 Å². The molecule has 0 aliphatic carbocycles. The Hall–Kier alpha value is -3.59. The molecule has 28 heavy (non-hydrogen) atoms. The Balaban J connectivity index is 1.76. The van der Waals surface area contributed by atoms with Crippen LogP contribution in [0, 0.1) is 6.92 Å². The number of nitrogens with one attached hydrogen (secondary N) is 1. The highest BCUT2D eigenvalue weighted by Gasteiger charge is 2.23. The molecule has 0 saturated carbocycles. The molecule has 4 rings (SSSR count). The summed E-state index contributed by atoms with van der Waals surface area (Å²) in [6.45, 7) is 2.23. The Labute approximate surface area is 164 Å². The minimum absolute atomic E-state index is 0.243. The number of rotatable bonds is 5. The fraction of sp³-hybridized carbons (Fsp3) is 0.0800. The number of hydrogen-bond donors (Lipinski definition) is 1. The van der Waals surface area contributed by atoms with Gasteiger partial charge in [-0.2, -0.15) is 0 Å². The van der Waals surface area contributed by atoms with Crippen molar-refractivity contribution < 1.29 is 9.53 Å². The largest absolute Gasteiger partial charge is 0.456 e. The molecule has 4 aromatic rings. The lowest BCUT2D eigenvalue weighted by molar-refractivity contribution is 0.0467. The molecule has 0 spiro atoms. The fourth-order valence-corrected chi connectivity index (χ4v) is 3.43. The van der Waals surface area contributed by atoms with Crippen LogP contribution in [0.3, 0.4) is 0 Å². The number of H-pyrrole nitrogens is 1. The summed E-state index contributed by atoms with van der Waals surface area (Å²) in [6, 6.07) is 29.8. The summed E-state index contributed by atoms with van der Waals surface area (Å²) >= 11 is 0. The molecule has 138 valence electrons. The van der Waals surface area contributed by atoms with Crippen molar-refractivity contribution in [3.05, 3.63) is 108 Å². The number of aromatic nitrogens is 1. The predicted octanol–water partition coefficient (Wildman–Crippen LogP) is 6.01. The monoisotopic (exact) mass is 367 g/mol. The van der Waals surface area contributed by atoms with E-state index in [1.54, 1.807) is 0 Å². The Morgan fingerprint density at radius 1 is 0.750 bits per heavy atom. The zero-order valence-corrected chi connectivity index (χ0v) is 15.7. The van der Waals surface area contributed by atoms with E-state index in [-0.39, 0.29) is 12.6 Å². The number of benzene rings is 3. The molecule has 0 atom stereocenters. The minimum Gasteiger partial charge on any atom is -0.456 e. The first-order valence-corrected chi connectivity index (χ1v) is 9.28. The number of aromatic amines is 1. The van der Waals surface area contributed by atoms with Gasteiger partial charge in [-0.1, -0.05) is 91.0 Å². The van der Waals surface area contributed by atoms with E-state index in [4.69, 9.17) is 4.74 Å². The fourth-order valence-electron chi connectivity index (χ4n) is 3.43. The summed E-state index contributed by atoms with van der Waals surface area (Å²) < 4.78 is 5.61. The van der Waals surface area contributed by atoms with Gasteiger partial charge in [0, 0.05) is 16.8 Å². The van der Waals surface area contributed by atoms with Crippen LogP contribution in [-0.2, 0) is 11.3 Å². The van der Waals surface area contributed by atoms with Crippen LogP contribution in [0.15, 0.2) is 91.0 Å². The molecule has 3 heteroatoms. The Morgan fingerprint density at radius 2 is 1.25 bits per heavy atom. The third-order valence-corrected chi connectivity index (χ3v) is 4.73. The summed E-state index contributed by atoms with van der Waals surface area (Å²) in [6.07, 6.45) is 0. The predicted molar refractivity (Wildman–Crippen MR) is 112 cm³/mol. The maximum atomic E-state index is 13.0. The second kappa shape index (κ2) is 7.97. The minimum atomic E-state index is -0.354. The quantitative estimate of drug-likeness (QED) is 0.439. The molecule has 3 nitrogen and oxygen atoms in total. The summed E-state index contributed by atoms with van der Waals surface area (Å²) in [7, 11) is 0. The van der Waals surface area contributed by atoms with Crippen LogP contribution in [-0.4, -0.2) is 11.0 Å². The molecule has 0 aliphatic heterocycles. The van der Waals surface area contributed by atoms with Crippen LogP contribution in [0.4, 0.5) is 0 Å². The molecular weight excluding hydrogens is 346 g/mol. The zero-order valence-electron chi connectivity index (χ0n) is 15.7. The number of ether oxygens (including phenoxy) is 1. The molecule has 0 fully saturated rings. The van der Waals surface area contributed by atoms with Crippen molar-refractivity contribution in [2.45, 2.75) is 13.5 Å². The van der Waals surface area contributed by atoms with Crippen molar-refractivity contribution in [1.82, 2.24) is 4.98 Å². The Bertz CT molecular complexity index is 1070. The van der Waals surface area contributed by atoms with E-state index in [9.17, 15) is 4.79 Å². The molecular formula is C25H21NO2. The van der Waals surface area contributed by atoms with Crippen LogP contribution >= 0.6 is 0 Å². The SMILES string of the molecule is Cc1[nH]c(C(=O)OCc2ccccc2)c(-c2ccccc2)c1-c1ccccc1. The first-order valence-electron chi connectivity index (χ1n) is 9.28. The number of carbonyl (C=O) groups is 1. The van der Waals surface area contributed by atoms with Crippen molar-refractivity contribution in [1.29, 1.82) is 0 Å². The van der Waals surface area contributed by atoms with Crippen molar-refractivity contribution in [3.63, 3.8) is 0 Å². The number of hydrogen-bond acceptors (Lipinski definition) is 2. The van der Waals surface area contributed by atoms with E-state index < -0.39 is 0 Å². The average Bonchev–Trinajstić information content (AvgIpc) is 3.11. The highest BCUT2D eigenvalue weighted by molar-refractivity contribution is 6.02. The third kappa shape index (κ3) is 3.60. The van der Waals surface area contributed by atoms with Crippen LogP contribution in [0.2, 0.25) is 0 Å². The van der Waals surface area contributed by atoms with Crippen LogP contribution in [0.5, 0.6) is 0 Å². The average molecular weight is 367 g/mol. The molecule has 0 saturated heterocycles. The van der Waals surface area contributed by atoms with Gasteiger partial charge in [0.1, 0.15) is 12.3 Å². The molecule has 1 aromatic heterocycles. The van der Waals surface area contributed by atoms with Gasteiger partial charge < -0.3 is 9.72 Å². The third-order valence-electron chi connectivity index (χ3n) is 4.73. The first kappa shape index (κ1) is 17.8. The van der Waals surface area contributed by atoms with Gasteiger partial charge in [0.15, 0.2) is 0 Å². The molecule has 0 bridgehead atoms. The van der Waals surface area contributed by atoms with Crippen molar-refractivity contribution in [3.8, 4) is 22.3 Å². The highest BCUT2D eigenvalue weighted by atomic mass is 16.5. The van der Waals surface area contributed by atoms with Gasteiger partial charge in [-0.05, 0) is 23.6 Å². The van der Waals surface area contributed by atoms with Gasteiger partial charge in [0.05, 0.1) is 0 Å². The second-order valence-corrected chi connectivity index (χ2v) is 6.67. The molecule has 1 heterocycles. The van der Waals surface area contributed by atoms with Crippen molar-refractivity contribution >= 4 is 5.97 Å². The summed E-state index contributed by atoms with van der Waals surface area (Å²) in [5.74, 6) is -0.354. The van der Waals surface area contributed by atoms with Gasteiger partial charge in [-0.3, -0.25) is 0 Å². The van der Waals surface area contributed by atoms with Gasteiger partial charge >= 0.3 is 5.97 Å². The van der Waals surface area contributed by atoms with Crippen molar-refractivity contribution in [2.75, 3.05) is 0 Å². The summed E-state index contributed by atoms with van der Waals surface area (Å²) in [4.78, 5) is 16.2. The van der Waals surface area contributed by atoms with Crippen LogP contribution in [0.1, 0.15) is 21.7 Å². The highest BCUT2D eigenvalue weighted by Crippen LogP contribution is 2.38. The number of esters is 1. The van der Waals surface area contributed by atoms with Gasteiger partial charge in [-0.15, -0.1) is 0 Å². The second-order valence-electron chi connectivity index (χ2n) is 6.67. The Kier molecular flexibility index (Phi) is 5.07. The van der Waals surface area contributed by atoms with Crippen LogP contribution in [0.25, 0.3) is 22.3 Å². The van der Waals surface area contributed by atoms with E-state index in [0.29, 0.717) is 5.69 Å². The first-order chi connectivity index (χ1) is 13.7. The molecule has 1 N–H and O–H groups in total. The van der Waals surface area contributed by atoms with E-state index in [2.05, 4.69) is 17.1 Å². The lowest BCUT2D eigenvalue weighted by Crippen LogP contribution is -2.07. The topological polar surface area (TPSA) is 42.1 Å². The molecule has 0 unspecified atom stereocenters. The molecule has 0 amide bonds. The Morgan fingerprint density at radius 3 is 1.82 bits per heavy atom. The molecule has 0 radical (unpaired) electrons. The maximum Gasteiger partial charge on any atom is 0.355 e. The van der Waals surface area contributed by atoms with Gasteiger partial charge in [0.2, 0.25) is 0 Å². The summed E-state index contributed by atoms with van der Waals surface area (Å²) in [5, 5.41) is 0. The summed E-state index contributed by atoms with van der Waals surface area (Å²) in [5.41, 5.74) is 6.34. The zero-order chi connectivity index (χ0) is 19.3. The van der Waals surface area contributed by atoms with Crippen LogP contribution < -0.4 is 0 Å². The van der Waals surface area contributed by atoms with Gasteiger partial charge in [-0.25, -0.2) is 4.79 Å². The van der Waals surface area contributed by atoms with E-state index in [1.807, 2.05) is 85.8 Å². The standard InChI is InChI=1S/C25H21NO2/c1-18-22(20-13-7-3-8-14-20)23(21-15-9-4-10-16-21)24(26-18)25(27)28-17-19-11-5-2-6-12-19/h2-16,26H,17H2,1H3. The number of carbonyl (C=O) groups excluding carboxylic acids is 1. The lowest BCUT2D eigenvalue weighted by atomic mass is 9.95. The normalized spacial score (nSPS) is 10.6. The lowest BCUT2D eigenvalue weighted by Gasteiger charge is -2.09. The maximum absolute atomic E-state index is 13.0. The molecule has 0 aliphatic rings. The number of aryl methyl sites for hydroxylation is 1. The smallest absolute Gasteiger partial charge is 0.355 e.